The Bertz CT molecular complexity index is 125. The van der Waals surface area contributed by atoms with Crippen LogP contribution in [0.1, 0.15) is 0 Å². The van der Waals surface area contributed by atoms with E-state index in [4.69, 9.17) is 4.74 Å². The summed E-state index contributed by atoms with van der Waals surface area (Å²) in [6.07, 6.45) is 4.15. The van der Waals surface area contributed by atoms with Gasteiger partial charge in [0.25, 0.3) is 0 Å². The van der Waals surface area contributed by atoms with Crippen LogP contribution < -0.4 is 0 Å². The van der Waals surface area contributed by atoms with Crippen LogP contribution in [-0.2, 0) is 4.74 Å². The maximum atomic E-state index is 4.94. The third kappa shape index (κ3) is 1.92. The second kappa shape index (κ2) is 3.46. The van der Waals surface area contributed by atoms with Gasteiger partial charge in [-0.25, -0.2) is 0 Å². The molecule has 0 spiro atoms. The van der Waals surface area contributed by atoms with Gasteiger partial charge in [-0.1, -0.05) is 0 Å². The first-order chi connectivity index (χ1) is 4.83. The minimum Gasteiger partial charge on any atom is -0.383 e. The highest BCUT2D eigenvalue weighted by Gasteiger charge is 2.05. The molecule has 10 heavy (non-hydrogen) atoms. The summed E-state index contributed by atoms with van der Waals surface area (Å²) in [6, 6.07) is 0. The van der Waals surface area contributed by atoms with Crippen molar-refractivity contribution in [1.82, 2.24) is 9.80 Å². The predicted octanol–water partition coefficient (Wildman–Crippen LogP) is 0.309. The van der Waals surface area contributed by atoms with Crippen LogP contribution in [0.4, 0.5) is 0 Å². The lowest BCUT2D eigenvalue weighted by atomic mass is 10.6. The van der Waals surface area contributed by atoms with Gasteiger partial charge in [-0.3, -0.25) is 0 Å². The molecule has 1 aliphatic heterocycles. The minimum absolute atomic E-state index is 0.804. The summed E-state index contributed by atoms with van der Waals surface area (Å²) in [5, 5.41) is 0. The number of methoxy groups -OCH3 is 1. The van der Waals surface area contributed by atoms with Gasteiger partial charge in [0, 0.05) is 33.1 Å². The third-order valence-corrected chi connectivity index (χ3v) is 1.52. The highest BCUT2D eigenvalue weighted by molar-refractivity contribution is 4.88. The Labute approximate surface area is 61.9 Å². The van der Waals surface area contributed by atoms with Crippen molar-refractivity contribution in [2.45, 2.75) is 0 Å². The maximum Gasteiger partial charge on any atom is 0.0891 e. The number of nitrogens with zero attached hydrogens (tertiary/aromatic N) is 2. The van der Waals surface area contributed by atoms with Crippen molar-refractivity contribution < 1.29 is 4.74 Å². The number of hydrogen-bond donors (Lipinski definition) is 0. The summed E-state index contributed by atoms with van der Waals surface area (Å²) in [6.45, 7) is 2.78. The molecule has 0 unspecified atom stereocenters. The van der Waals surface area contributed by atoms with Crippen LogP contribution in [0.5, 0.6) is 0 Å². The molecule has 1 rings (SSSR count). The second-order valence-corrected chi connectivity index (χ2v) is 2.50. The van der Waals surface area contributed by atoms with Gasteiger partial charge in [0.15, 0.2) is 0 Å². The molecule has 0 aromatic heterocycles. The molecule has 3 nitrogen and oxygen atoms in total. The van der Waals surface area contributed by atoms with Gasteiger partial charge in [-0.05, 0) is 0 Å². The molecule has 0 atom stereocenters. The molecule has 0 aromatic carbocycles. The Hall–Kier alpha value is -0.700. The quantitative estimate of drug-likeness (QED) is 0.564. The van der Waals surface area contributed by atoms with Crippen molar-refractivity contribution >= 4 is 0 Å². The summed E-state index contributed by atoms with van der Waals surface area (Å²) in [4.78, 5) is 4.35. The molecule has 0 saturated heterocycles. The van der Waals surface area contributed by atoms with Crippen LogP contribution in [0.15, 0.2) is 12.4 Å². The highest BCUT2D eigenvalue weighted by atomic mass is 16.5. The smallest absolute Gasteiger partial charge is 0.0891 e. The van der Waals surface area contributed by atoms with Gasteiger partial charge in [0.05, 0.1) is 13.3 Å². The maximum absolute atomic E-state index is 4.94. The Morgan fingerprint density at radius 1 is 1.50 bits per heavy atom. The molecule has 0 N–H and O–H groups in total. The van der Waals surface area contributed by atoms with Gasteiger partial charge in [-0.2, -0.15) is 0 Å². The third-order valence-electron chi connectivity index (χ3n) is 1.52. The molecule has 58 valence electrons. The molecular weight excluding hydrogens is 128 g/mol. The van der Waals surface area contributed by atoms with Crippen LogP contribution in [0, 0.1) is 0 Å². The van der Waals surface area contributed by atoms with Gasteiger partial charge in [-0.15, -0.1) is 0 Å². The van der Waals surface area contributed by atoms with Crippen molar-refractivity contribution in [2.24, 2.45) is 0 Å². The number of hydrogen-bond acceptors (Lipinski definition) is 3. The largest absolute Gasteiger partial charge is 0.383 e. The molecule has 0 bridgehead atoms. The lowest BCUT2D eigenvalue weighted by molar-refractivity contribution is 0.161. The fraction of sp³-hybridized carbons (Fsp3) is 0.714. The fourth-order valence-electron chi connectivity index (χ4n) is 0.943. The van der Waals surface area contributed by atoms with Crippen molar-refractivity contribution in [3.05, 3.63) is 12.4 Å². The molecule has 0 fully saturated rings. The molecule has 3 heteroatoms. The Kier molecular flexibility index (Phi) is 2.57. The first-order valence-electron chi connectivity index (χ1n) is 3.44. The fourth-order valence-corrected chi connectivity index (χ4v) is 0.943. The van der Waals surface area contributed by atoms with E-state index in [1.165, 1.54) is 0 Å². The number of rotatable bonds is 3. The van der Waals surface area contributed by atoms with Crippen LogP contribution in [0.2, 0.25) is 0 Å². The SMILES string of the molecule is COCCN1C=CN(C)C1. The zero-order chi connectivity index (χ0) is 7.40. The summed E-state index contributed by atoms with van der Waals surface area (Å²) in [5.41, 5.74) is 0. The molecule has 1 heterocycles. The normalized spacial score (nSPS) is 17.0. The average Bonchev–Trinajstić information content (AvgIpc) is 2.31. The Balaban J connectivity index is 2.14. The summed E-state index contributed by atoms with van der Waals surface area (Å²) < 4.78 is 4.94. The predicted molar refractivity (Wildman–Crippen MR) is 40.4 cm³/mol. The zero-order valence-corrected chi connectivity index (χ0v) is 6.58. The van der Waals surface area contributed by atoms with E-state index < -0.39 is 0 Å². The van der Waals surface area contributed by atoms with E-state index in [0.717, 1.165) is 19.8 Å². The van der Waals surface area contributed by atoms with E-state index in [1.807, 2.05) is 0 Å². The van der Waals surface area contributed by atoms with Crippen LogP contribution in [-0.4, -0.2) is 43.8 Å². The van der Waals surface area contributed by atoms with Crippen molar-refractivity contribution in [2.75, 3.05) is 34.0 Å². The standard InChI is InChI=1S/C7H14N2O/c1-8-3-4-9(7-8)5-6-10-2/h3-4H,5-7H2,1-2H3. The van der Waals surface area contributed by atoms with E-state index in [1.54, 1.807) is 7.11 Å². The van der Waals surface area contributed by atoms with Gasteiger partial charge >= 0.3 is 0 Å². The lowest BCUT2D eigenvalue weighted by Gasteiger charge is -2.16. The van der Waals surface area contributed by atoms with Crippen molar-refractivity contribution in [1.29, 1.82) is 0 Å². The molecule has 0 aliphatic carbocycles. The van der Waals surface area contributed by atoms with Gasteiger partial charge in [0.2, 0.25) is 0 Å². The summed E-state index contributed by atoms with van der Waals surface area (Å²) >= 11 is 0. The molecule has 0 aromatic rings. The summed E-state index contributed by atoms with van der Waals surface area (Å²) in [7, 11) is 3.78. The summed E-state index contributed by atoms with van der Waals surface area (Å²) in [5.74, 6) is 0. The van der Waals surface area contributed by atoms with E-state index in [-0.39, 0.29) is 0 Å². The van der Waals surface area contributed by atoms with Crippen LogP contribution in [0.3, 0.4) is 0 Å². The van der Waals surface area contributed by atoms with E-state index in [9.17, 15) is 0 Å². The van der Waals surface area contributed by atoms with E-state index in [0.29, 0.717) is 0 Å². The molecular formula is C7H14N2O. The zero-order valence-electron chi connectivity index (χ0n) is 6.58. The highest BCUT2D eigenvalue weighted by Crippen LogP contribution is 2.01. The topological polar surface area (TPSA) is 15.7 Å². The minimum atomic E-state index is 0.804. The van der Waals surface area contributed by atoms with Crippen molar-refractivity contribution in [3.8, 4) is 0 Å². The van der Waals surface area contributed by atoms with Gasteiger partial charge in [0.1, 0.15) is 0 Å². The van der Waals surface area contributed by atoms with Crippen LogP contribution >= 0.6 is 0 Å². The average molecular weight is 142 g/mol. The van der Waals surface area contributed by atoms with Gasteiger partial charge < -0.3 is 14.5 Å². The molecule has 0 amide bonds. The molecule has 1 aliphatic rings. The number of ether oxygens (including phenoxy) is 1. The molecule has 0 radical (unpaired) electrons. The molecule has 0 saturated carbocycles. The monoisotopic (exact) mass is 142 g/mol. The van der Waals surface area contributed by atoms with E-state index in [2.05, 4.69) is 29.2 Å². The Morgan fingerprint density at radius 3 is 2.80 bits per heavy atom. The van der Waals surface area contributed by atoms with E-state index >= 15 is 0 Å². The lowest BCUT2D eigenvalue weighted by Crippen LogP contribution is -2.25. The van der Waals surface area contributed by atoms with Crippen LogP contribution in [0.25, 0.3) is 0 Å². The van der Waals surface area contributed by atoms with Crippen molar-refractivity contribution in [3.63, 3.8) is 0 Å². The first-order valence-corrected chi connectivity index (χ1v) is 3.44. The second-order valence-electron chi connectivity index (χ2n) is 2.50. The Morgan fingerprint density at radius 2 is 2.30 bits per heavy atom. The first kappa shape index (κ1) is 7.41.